The summed E-state index contributed by atoms with van der Waals surface area (Å²) < 4.78 is 22.0. The number of rotatable bonds is 7. The van der Waals surface area contributed by atoms with E-state index in [0.717, 1.165) is 37.2 Å². The fraction of sp³-hybridized carbons (Fsp3) is 0.286. The van der Waals surface area contributed by atoms with Crippen molar-refractivity contribution in [3.05, 3.63) is 71.1 Å². The van der Waals surface area contributed by atoms with Gasteiger partial charge in [0.15, 0.2) is 5.82 Å². The van der Waals surface area contributed by atoms with Crippen molar-refractivity contribution in [3.63, 3.8) is 0 Å². The van der Waals surface area contributed by atoms with Crippen molar-refractivity contribution >= 4 is 5.91 Å². The zero-order valence-corrected chi connectivity index (χ0v) is 15.9. The van der Waals surface area contributed by atoms with Gasteiger partial charge in [0.1, 0.15) is 23.1 Å². The Morgan fingerprint density at radius 1 is 1.17 bits per heavy atom. The fourth-order valence-electron chi connectivity index (χ4n) is 3.36. The Kier molecular flexibility index (Phi) is 5.53. The Labute approximate surface area is 167 Å². The molecule has 3 N–H and O–H groups in total. The molecule has 1 aliphatic rings. The van der Waals surface area contributed by atoms with Crippen molar-refractivity contribution < 1.29 is 13.9 Å². The summed E-state index contributed by atoms with van der Waals surface area (Å²) in [6.07, 6.45) is 2.70. The molecule has 0 atom stereocenters. The summed E-state index contributed by atoms with van der Waals surface area (Å²) in [5.41, 5.74) is 6.58. The molecule has 0 spiro atoms. The minimum Gasteiger partial charge on any atom is -0.457 e. The number of halogens is 1. The molecule has 4 rings (SSSR count). The average molecular weight is 395 g/mol. The van der Waals surface area contributed by atoms with Gasteiger partial charge < -0.3 is 20.4 Å². The average Bonchev–Trinajstić information content (AvgIpc) is 3.33. The minimum atomic E-state index is -0.611. The van der Waals surface area contributed by atoms with E-state index in [1.807, 2.05) is 28.8 Å². The number of carbonyl (C=O) groups is 1. The van der Waals surface area contributed by atoms with Gasteiger partial charge in [0.25, 0.3) is 5.91 Å². The molecule has 0 fully saturated rings. The maximum Gasteiger partial charge on any atom is 0.254 e. The van der Waals surface area contributed by atoms with Gasteiger partial charge in [-0.1, -0.05) is 12.1 Å². The molecule has 2 heterocycles. The first-order chi connectivity index (χ1) is 14.1. The van der Waals surface area contributed by atoms with Crippen LogP contribution in [0.1, 0.15) is 34.0 Å². The van der Waals surface area contributed by atoms with Gasteiger partial charge in [-0.3, -0.25) is 4.79 Å². The number of carbonyl (C=O) groups excluding carboxylic acids is 1. The van der Waals surface area contributed by atoms with Gasteiger partial charge in [-0.2, -0.15) is 0 Å². The smallest absolute Gasteiger partial charge is 0.254 e. The molecule has 3 aromatic rings. The Morgan fingerprint density at radius 2 is 1.97 bits per heavy atom. The molecule has 0 radical (unpaired) electrons. The summed E-state index contributed by atoms with van der Waals surface area (Å²) in [7, 11) is 0. The Hall–Kier alpha value is -3.26. The second-order valence-corrected chi connectivity index (χ2v) is 6.90. The number of fused-ring (bicyclic) bond motifs is 1. The van der Waals surface area contributed by atoms with Crippen LogP contribution >= 0.6 is 0 Å². The third-order valence-electron chi connectivity index (χ3n) is 4.87. The third-order valence-corrected chi connectivity index (χ3v) is 4.87. The minimum absolute atomic E-state index is 0.0802. The van der Waals surface area contributed by atoms with Gasteiger partial charge in [0.05, 0.1) is 12.1 Å². The van der Waals surface area contributed by atoms with E-state index < -0.39 is 11.7 Å². The maximum absolute atomic E-state index is 14.2. The van der Waals surface area contributed by atoms with Crippen LogP contribution in [-0.4, -0.2) is 27.2 Å². The van der Waals surface area contributed by atoms with Crippen LogP contribution in [0.5, 0.6) is 11.5 Å². The second-order valence-electron chi connectivity index (χ2n) is 6.90. The van der Waals surface area contributed by atoms with Gasteiger partial charge in [-0.15, -0.1) is 10.2 Å². The number of aryl methyl sites for hydroxylation is 1. The van der Waals surface area contributed by atoms with Crippen LogP contribution in [0, 0.1) is 5.82 Å². The lowest BCUT2D eigenvalue weighted by Crippen LogP contribution is -2.25. The highest BCUT2D eigenvalue weighted by molar-refractivity contribution is 5.94. The monoisotopic (exact) mass is 395 g/mol. The van der Waals surface area contributed by atoms with Gasteiger partial charge in [-0.05, 0) is 55.3 Å². The first-order valence-corrected chi connectivity index (χ1v) is 9.59. The number of aromatic nitrogens is 3. The van der Waals surface area contributed by atoms with Gasteiger partial charge >= 0.3 is 0 Å². The summed E-state index contributed by atoms with van der Waals surface area (Å²) >= 11 is 0. The Balaban J connectivity index is 1.43. The Bertz CT molecular complexity index is 1020. The molecule has 1 aliphatic heterocycles. The van der Waals surface area contributed by atoms with Crippen LogP contribution in [-0.2, 0) is 25.9 Å². The van der Waals surface area contributed by atoms with Crippen LogP contribution in [0.4, 0.5) is 4.39 Å². The normalized spacial score (nSPS) is 12.6. The van der Waals surface area contributed by atoms with Crippen LogP contribution in [0.25, 0.3) is 0 Å². The zero-order valence-electron chi connectivity index (χ0n) is 15.9. The van der Waals surface area contributed by atoms with Crippen molar-refractivity contribution in [1.82, 2.24) is 20.1 Å². The molecule has 1 amide bonds. The zero-order chi connectivity index (χ0) is 20.2. The van der Waals surface area contributed by atoms with E-state index in [4.69, 9.17) is 10.5 Å². The summed E-state index contributed by atoms with van der Waals surface area (Å²) in [5, 5.41) is 10.9. The van der Waals surface area contributed by atoms with Crippen LogP contribution in [0.2, 0.25) is 0 Å². The molecule has 0 saturated heterocycles. The number of ether oxygens (including phenoxy) is 1. The van der Waals surface area contributed by atoms with E-state index in [-0.39, 0.29) is 12.1 Å². The SMILES string of the molecule is NCCc1ccc(Oc2ccc(F)c(C(=O)NCc3nnc4n3CCC4)c2)cc1. The summed E-state index contributed by atoms with van der Waals surface area (Å²) in [6, 6.07) is 11.6. The lowest BCUT2D eigenvalue weighted by molar-refractivity contribution is 0.0945. The first kappa shape index (κ1) is 19.1. The molecule has 7 nitrogen and oxygen atoms in total. The third kappa shape index (κ3) is 4.27. The molecule has 0 saturated carbocycles. The predicted octanol–water partition coefficient (Wildman–Crippen LogP) is 2.59. The summed E-state index contributed by atoms with van der Waals surface area (Å²) in [6.45, 7) is 1.61. The highest BCUT2D eigenvalue weighted by Gasteiger charge is 2.19. The molecular weight excluding hydrogens is 373 g/mol. The van der Waals surface area contributed by atoms with Crippen molar-refractivity contribution in [2.75, 3.05) is 6.54 Å². The van der Waals surface area contributed by atoms with E-state index in [1.165, 1.54) is 18.2 Å². The fourth-order valence-corrected chi connectivity index (χ4v) is 3.36. The van der Waals surface area contributed by atoms with Crippen LogP contribution in [0.3, 0.4) is 0 Å². The number of hydrogen-bond donors (Lipinski definition) is 2. The summed E-state index contributed by atoms with van der Waals surface area (Å²) in [5.74, 6) is 1.44. The Morgan fingerprint density at radius 3 is 2.76 bits per heavy atom. The van der Waals surface area contributed by atoms with E-state index in [9.17, 15) is 9.18 Å². The molecule has 1 aromatic heterocycles. The molecule has 0 unspecified atom stereocenters. The van der Waals surface area contributed by atoms with Crippen molar-refractivity contribution in [3.8, 4) is 11.5 Å². The quantitative estimate of drug-likeness (QED) is 0.641. The summed E-state index contributed by atoms with van der Waals surface area (Å²) in [4.78, 5) is 12.5. The van der Waals surface area contributed by atoms with E-state index in [1.54, 1.807) is 0 Å². The topological polar surface area (TPSA) is 95.1 Å². The largest absolute Gasteiger partial charge is 0.457 e. The highest BCUT2D eigenvalue weighted by Crippen LogP contribution is 2.24. The number of amides is 1. The number of nitrogens with two attached hydrogens (primary N) is 1. The van der Waals surface area contributed by atoms with Gasteiger partial charge in [0.2, 0.25) is 0 Å². The molecular formula is C21H22FN5O2. The molecule has 150 valence electrons. The number of nitrogens with zero attached hydrogens (tertiary/aromatic N) is 3. The molecule has 0 aliphatic carbocycles. The molecule has 2 aromatic carbocycles. The molecule has 0 bridgehead atoms. The maximum atomic E-state index is 14.2. The van der Waals surface area contributed by atoms with Gasteiger partial charge in [0, 0.05) is 13.0 Å². The molecule has 29 heavy (non-hydrogen) atoms. The number of hydrogen-bond acceptors (Lipinski definition) is 5. The first-order valence-electron chi connectivity index (χ1n) is 9.59. The van der Waals surface area contributed by atoms with E-state index >= 15 is 0 Å². The van der Waals surface area contributed by atoms with Crippen molar-refractivity contribution in [1.29, 1.82) is 0 Å². The van der Waals surface area contributed by atoms with E-state index in [0.29, 0.717) is 23.9 Å². The van der Waals surface area contributed by atoms with Crippen molar-refractivity contribution in [2.45, 2.75) is 32.4 Å². The second kappa shape index (κ2) is 8.40. The van der Waals surface area contributed by atoms with Crippen LogP contribution in [0.15, 0.2) is 42.5 Å². The standard InChI is InChI=1S/C21H22FN5O2/c22-18-8-7-16(29-15-5-3-14(4-6-15)9-10-23)12-17(18)21(28)24-13-20-26-25-19-2-1-11-27(19)20/h3-8,12H,1-2,9-11,13,23H2,(H,24,28). The number of benzene rings is 2. The van der Waals surface area contributed by atoms with Crippen LogP contribution < -0.4 is 15.8 Å². The lowest BCUT2D eigenvalue weighted by atomic mass is 10.1. The predicted molar refractivity (Wildman–Crippen MR) is 105 cm³/mol. The van der Waals surface area contributed by atoms with Crippen molar-refractivity contribution in [2.24, 2.45) is 5.73 Å². The lowest BCUT2D eigenvalue weighted by Gasteiger charge is -2.10. The highest BCUT2D eigenvalue weighted by atomic mass is 19.1. The van der Waals surface area contributed by atoms with E-state index in [2.05, 4.69) is 15.5 Å². The van der Waals surface area contributed by atoms with Gasteiger partial charge in [-0.25, -0.2) is 4.39 Å². The molecule has 8 heteroatoms. The number of nitrogens with one attached hydrogen (secondary N) is 1.